The van der Waals surface area contributed by atoms with Gasteiger partial charge in [0.1, 0.15) is 5.75 Å². The zero-order chi connectivity index (χ0) is 13.8. The lowest BCUT2D eigenvalue weighted by Crippen LogP contribution is -1.97. The Kier molecular flexibility index (Phi) is 3.37. The van der Waals surface area contributed by atoms with Gasteiger partial charge in [-0.15, -0.1) is 0 Å². The molecule has 3 rings (SSSR count). The van der Waals surface area contributed by atoms with Crippen LogP contribution in [0.15, 0.2) is 67.0 Å². The lowest BCUT2D eigenvalue weighted by Gasteiger charge is -2.11. The average Bonchev–Trinajstić information content (AvgIpc) is 3.02. The van der Waals surface area contributed by atoms with Crippen molar-refractivity contribution in [3.05, 3.63) is 67.0 Å². The van der Waals surface area contributed by atoms with Crippen LogP contribution in [0.1, 0.15) is 0 Å². The number of ether oxygens (including phenoxy) is 1. The molecule has 20 heavy (non-hydrogen) atoms. The summed E-state index contributed by atoms with van der Waals surface area (Å²) < 4.78 is 7.17. The van der Waals surface area contributed by atoms with Crippen molar-refractivity contribution in [3.63, 3.8) is 0 Å². The van der Waals surface area contributed by atoms with Crippen LogP contribution >= 0.6 is 0 Å². The van der Waals surface area contributed by atoms with Crippen LogP contribution in [-0.4, -0.2) is 16.9 Å². The maximum absolute atomic E-state index is 5.34. The summed E-state index contributed by atoms with van der Waals surface area (Å²) in [6, 6.07) is 17.8. The van der Waals surface area contributed by atoms with E-state index in [4.69, 9.17) is 4.74 Å². The van der Waals surface area contributed by atoms with E-state index in [0.29, 0.717) is 0 Å². The zero-order valence-corrected chi connectivity index (χ0v) is 11.2. The molecule has 1 heterocycles. The number of benzene rings is 2. The first-order chi connectivity index (χ1) is 9.86. The number of nitrogens with zero attached hydrogens (tertiary/aromatic N) is 2. The highest BCUT2D eigenvalue weighted by molar-refractivity contribution is 5.67. The number of hydrogen-bond donors (Lipinski definition) is 1. The Bertz CT molecular complexity index is 692. The maximum atomic E-state index is 5.34. The van der Waals surface area contributed by atoms with Gasteiger partial charge in [0.15, 0.2) is 0 Å². The molecular formula is C16H15N3O. The molecule has 100 valence electrons. The second kappa shape index (κ2) is 5.48. The molecule has 0 aliphatic rings. The van der Waals surface area contributed by atoms with Gasteiger partial charge < -0.3 is 10.1 Å². The van der Waals surface area contributed by atoms with Crippen molar-refractivity contribution in [3.8, 4) is 11.4 Å². The van der Waals surface area contributed by atoms with Gasteiger partial charge in [-0.05, 0) is 36.4 Å². The Balaban J connectivity index is 1.90. The minimum Gasteiger partial charge on any atom is -0.495 e. The molecule has 0 unspecified atom stereocenters. The van der Waals surface area contributed by atoms with Crippen LogP contribution in [0.5, 0.6) is 5.75 Å². The molecule has 0 saturated carbocycles. The standard InChI is InChI=1S/C16H15N3O/c1-20-16-9-3-2-8-15(16)18-13-6-4-7-14(12-13)19-11-5-10-17-19/h2-12,18H,1H3. The average molecular weight is 265 g/mol. The molecule has 0 bridgehead atoms. The van der Waals surface area contributed by atoms with Gasteiger partial charge >= 0.3 is 0 Å². The molecule has 2 aromatic carbocycles. The third-order valence-corrected chi connectivity index (χ3v) is 3.00. The zero-order valence-electron chi connectivity index (χ0n) is 11.2. The normalized spacial score (nSPS) is 10.2. The first kappa shape index (κ1) is 12.3. The fourth-order valence-corrected chi connectivity index (χ4v) is 2.05. The highest BCUT2D eigenvalue weighted by Gasteiger charge is 2.03. The maximum Gasteiger partial charge on any atom is 0.142 e. The second-order valence-corrected chi connectivity index (χ2v) is 4.33. The van der Waals surface area contributed by atoms with E-state index < -0.39 is 0 Å². The van der Waals surface area contributed by atoms with Gasteiger partial charge in [-0.3, -0.25) is 0 Å². The number of rotatable bonds is 4. The molecule has 0 aliphatic heterocycles. The van der Waals surface area contributed by atoms with Gasteiger partial charge in [-0.25, -0.2) is 4.68 Å². The Morgan fingerprint density at radius 3 is 2.75 bits per heavy atom. The van der Waals surface area contributed by atoms with Crippen molar-refractivity contribution in [2.45, 2.75) is 0 Å². The predicted molar refractivity (Wildman–Crippen MR) is 79.8 cm³/mol. The molecule has 0 atom stereocenters. The summed E-state index contributed by atoms with van der Waals surface area (Å²) >= 11 is 0. The van der Waals surface area contributed by atoms with Crippen molar-refractivity contribution in [2.24, 2.45) is 0 Å². The quantitative estimate of drug-likeness (QED) is 0.783. The Hall–Kier alpha value is -2.75. The van der Waals surface area contributed by atoms with Crippen LogP contribution in [0.4, 0.5) is 11.4 Å². The molecule has 0 radical (unpaired) electrons. The minimum absolute atomic E-state index is 0.817. The lowest BCUT2D eigenvalue weighted by atomic mass is 10.2. The number of hydrogen-bond acceptors (Lipinski definition) is 3. The molecule has 1 N–H and O–H groups in total. The Morgan fingerprint density at radius 1 is 1.05 bits per heavy atom. The van der Waals surface area contributed by atoms with Gasteiger partial charge in [0.2, 0.25) is 0 Å². The van der Waals surface area contributed by atoms with E-state index in [2.05, 4.69) is 10.4 Å². The number of nitrogens with one attached hydrogen (secondary N) is 1. The first-order valence-corrected chi connectivity index (χ1v) is 6.37. The molecular weight excluding hydrogens is 250 g/mol. The van der Waals surface area contributed by atoms with E-state index in [1.54, 1.807) is 13.3 Å². The van der Waals surface area contributed by atoms with Gasteiger partial charge in [0.05, 0.1) is 18.5 Å². The summed E-state index contributed by atoms with van der Waals surface area (Å²) in [5.74, 6) is 0.817. The third kappa shape index (κ3) is 2.49. The van der Waals surface area contributed by atoms with Crippen LogP contribution in [0.3, 0.4) is 0 Å². The highest BCUT2D eigenvalue weighted by atomic mass is 16.5. The van der Waals surface area contributed by atoms with E-state index in [-0.39, 0.29) is 0 Å². The fourth-order valence-electron chi connectivity index (χ4n) is 2.05. The highest BCUT2D eigenvalue weighted by Crippen LogP contribution is 2.27. The summed E-state index contributed by atoms with van der Waals surface area (Å²) in [6.07, 6.45) is 3.68. The molecule has 4 heteroatoms. The summed E-state index contributed by atoms with van der Waals surface area (Å²) in [5, 5.41) is 7.59. The smallest absolute Gasteiger partial charge is 0.142 e. The van der Waals surface area contributed by atoms with Crippen molar-refractivity contribution >= 4 is 11.4 Å². The first-order valence-electron chi connectivity index (χ1n) is 6.37. The van der Waals surface area contributed by atoms with E-state index in [1.165, 1.54) is 0 Å². The van der Waals surface area contributed by atoms with E-state index in [1.807, 2.05) is 65.5 Å². The van der Waals surface area contributed by atoms with Gasteiger partial charge in [-0.1, -0.05) is 18.2 Å². The molecule has 4 nitrogen and oxygen atoms in total. The van der Waals surface area contributed by atoms with Gasteiger partial charge in [0.25, 0.3) is 0 Å². The number of anilines is 2. The predicted octanol–water partition coefficient (Wildman–Crippen LogP) is 3.62. The van der Waals surface area contributed by atoms with Crippen LogP contribution in [0.25, 0.3) is 5.69 Å². The summed E-state index contributed by atoms with van der Waals surface area (Å²) in [5.41, 5.74) is 2.94. The third-order valence-electron chi connectivity index (χ3n) is 3.00. The topological polar surface area (TPSA) is 39.1 Å². The molecule has 0 spiro atoms. The van der Waals surface area contributed by atoms with Crippen LogP contribution in [-0.2, 0) is 0 Å². The van der Waals surface area contributed by atoms with Gasteiger partial charge in [0, 0.05) is 18.1 Å². The largest absolute Gasteiger partial charge is 0.495 e. The molecule has 1 aromatic heterocycles. The second-order valence-electron chi connectivity index (χ2n) is 4.33. The fraction of sp³-hybridized carbons (Fsp3) is 0.0625. The molecule has 0 amide bonds. The Morgan fingerprint density at radius 2 is 1.95 bits per heavy atom. The van der Waals surface area contributed by atoms with E-state index in [0.717, 1.165) is 22.8 Å². The van der Waals surface area contributed by atoms with Crippen molar-refractivity contribution in [1.29, 1.82) is 0 Å². The van der Waals surface area contributed by atoms with Crippen molar-refractivity contribution < 1.29 is 4.74 Å². The molecule has 0 fully saturated rings. The van der Waals surface area contributed by atoms with Crippen LogP contribution in [0.2, 0.25) is 0 Å². The van der Waals surface area contributed by atoms with Crippen LogP contribution in [0, 0.1) is 0 Å². The summed E-state index contributed by atoms with van der Waals surface area (Å²) in [6.45, 7) is 0. The van der Waals surface area contributed by atoms with Crippen LogP contribution < -0.4 is 10.1 Å². The minimum atomic E-state index is 0.817. The molecule has 0 saturated heterocycles. The van der Waals surface area contributed by atoms with E-state index >= 15 is 0 Å². The van der Waals surface area contributed by atoms with Crippen molar-refractivity contribution in [1.82, 2.24) is 9.78 Å². The molecule has 0 aliphatic carbocycles. The summed E-state index contributed by atoms with van der Waals surface area (Å²) in [4.78, 5) is 0. The Labute approximate surface area is 117 Å². The molecule has 3 aromatic rings. The van der Waals surface area contributed by atoms with E-state index in [9.17, 15) is 0 Å². The lowest BCUT2D eigenvalue weighted by molar-refractivity contribution is 0.417. The number of para-hydroxylation sites is 2. The van der Waals surface area contributed by atoms with Gasteiger partial charge in [-0.2, -0.15) is 5.10 Å². The SMILES string of the molecule is COc1ccccc1Nc1cccc(-n2cccn2)c1. The summed E-state index contributed by atoms with van der Waals surface area (Å²) in [7, 11) is 1.67. The monoisotopic (exact) mass is 265 g/mol. The van der Waals surface area contributed by atoms with Crippen molar-refractivity contribution in [2.75, 3.05) is 12.4 Å². The number of aromatic nitrogens is 2. The number of methoxy groups -OCH3 is 1.